The summed E-state index contributed by atoms with van der Waals surface area (Å²) in [4.78, 5) is 21.7. The van der Waals surface area contributed by atoms with E-state index in [1.807, 2.05) is 47.4 Å². The Morgan fingerprint density at radius 1 is 1.07 bits per heavy atom. The van der Waals surface area contributed by atoms with E-state index in [-0.39, 0.29) is 11.9 Å². The molecule has 1 atom stereocenters. The van der Waals surface area contributed by atoms with Gasteiger partial charge in [0.25, 0.3) is 11.8 Å². The van der Waals surface area contributed by atoms with Gasteiger partial charge in [0.1, 0.15) is 0 Å². The molecule has 0 bridgehead atoms. The van der Waals surface area contributed by atoms with Crippen molar-refractivity contribution in [3.8, 4) is 11.5 Å². The molecule has 3 aromatic rings. The van der Waals surface area contributed by atoms with E-state index in [1.54, 1.807) is 6.92 Å². The molecule has 6 nitrogen and oxygen atoms in total. The molecule has 1 aromatic heterocycles. The second-order valence-electron chi connectivity index (χ2n) is 6.91. The number of hydrogen-bond donors (Lipinski definition) is 0. The van der Waals surface area contributed by atoms with Gasteiger partial charge in [0.15, 0.2) is 5.82 Å². The highest BCUT2D eigenvalue weighted by atomic mass is 16.5. The summed E-state index contributed by atoms with van der Waals surface area (Å²) in [5, 5.41) is 3.81. The van der Waals surface area contributed by atoms with E-state index in [2.05, 4.69) is 34.2 Å². The van der Waals surface area contributed by atoms with E-state index >= 15 is 0 Å². The molecule has 1 fully saturated rings. The molecule has 138 valence electrons. The molecule has 0 aliphatic carbocycles. The number of benzene rings is 2. The van der Waals surface area contributed by atoms with Gasteiger partial charge >= 0.3 is 0 Å². The van der Waals surface area contributed by atoms with Crippen LogP contribution in [-0.4, -0.2) is 52.5 Å². The van der Waals surface area contributed by atoms with E-state index in [0.717, 1.165) is 24.2 Å². The normalized spacial score (nSPS) is 17.9. The first kappa shape index (κ1) is 17.4. The second kappa shape index (κ2) is 7.32. The lowest BCUT2D eigenvalue weighted by Crippen LogP contribution is -2.49. The van der Waals surface area contributed by atoms with Crippen molar-refractivity contribution in [1.82, 2.24) is 19.9 Å². The highest BCUT2D eigenvalue weighted by Gasteiger charge is 2.30. The van der Waals surface area contributed by atoms with Gasteiger partial charge in [0.05, 0.1) is 6.04 Å². The van der Waals surface area contributed by atoms with Gasteiger partial charge in [0.2, 0.25) is 0 Å². The third-order valence-electron chi connectivity index (χ3n) is 4.94. The van der Waals surface area contributed by atoms with Crippen molar-refractivity contribution < 1.29 is 9.32 Å². The lowest BCUT2D eigenvalue weighted by molar-refractivity contribution is 0.0498. The van der Waals surface area contributed by atoms with Gasteiger partial charge in [-0.2, -0.15) is 4.98 Å². The van der Waals surface area contributed by atoms with Crippen LogP contribution in [0.15, 0.2) is 59.1 Å². The number of rotatable bonds is 3. The van der Waals surface area contributed by atoms with Crippen LogP contribution >= 0.6 is 0 Å². The van der Waals surface area contributed by atoms with Gasteiger partial charge in [0, 0.05) is 30.8 Å². The molecule has 0 radical (unpaired) electrons. The first-order valence-corrected chi connectivity index (χ1v) is 9.07. The van der Waals surface area contributed by atoms with Gasteiger partial charge in [-0.1, -0.05) is 35.5 Å². The Kier molecular flexibility index (Phi) is 4.73. The molecule has 27 heavy (non-hydrogen) atoms. The molecular weight excluding hydrogens is 340 g/mol. The minimum absolute atomic E-state index is 0.0465. The Morgan fingerprint density at radius 2 is 1.81 bits per heavy atom. The number of piperazine rings is 1. The average Bonchev–Trinajstić information content (AvgIpc) is 3.14. The number of carbonyl (C=O) groups excluding carboxylic acids is 1. The summed E-state index contributed by atoms with van der Waals surface area (Å²) in [5.41, 5.74) is 2.64. The maximum absolute atomic E-state index is 13.2. The monoisotopic (exact) mass is 362 g/mol. The lowest BCUT2D eigenvalue weighted by Gasteiger charge is -2.40. The molecule has 1 saturated heterocycles. The first-order chi connectivity index (χ1) is 13.1. The van der Waals surface area contributed by atoms with Crippen molar-refractivity contribution in [2.45, 2.75) is 13.0 Å². The molecule has 2 heterocycles. The third-order valence-corrected chi connectivity index (χ3v) is 4.94. The molecule has 0 spiro atoms. The molecule has 2 aromatic carbocycles. The molecule has 6 heteroatoms. The van der Waals surface area contributed by atoms with Crippen molar-refractivity contribution in [2.75, 3.05) is 26.7 Å². The minimum Gasteiger partial charge on any atom is -0.334 e. The zero-order chi connectivity index (χ0) is 18.8. The van der Waals surface area contributed by atoms with Crippen LogP contribution in [0.1, 0.15) is 27.8 Å². The Hall–Kier alpha value is -2.99. The minimum atomic E-state index is 0.0465. The predicted octanol–water partition coefficient (Wildman–Crippen LogP) is 3.17. The SMILES string of the molecule is Cc1noc(-c2ccc(C(=O)N3CCN(C)CC3c3ccccc3)cc2)n1. The molecule has 1 aliphatic rings. The molecule has 0 saturated carbocycles. The third kappa shape index (κ3) is 3.61. The van der Waals surface area contributed by atoms with Gasteiger partial charge in [-0.3, -0.25) is 4.79 Å². The summed E-state index contributed by atoms with van der Waals surface area (Å²) in [6.07, 6.45) is 0. The Balaban J connectivity index is 1.58. The number of aryl methyl sites for hydroxylation is 1. The van der Waals surface area contributed by atoms with Crippen LogP contribution < -0.4 is 0 Å². The Labute approximate surface area is 158 Å². The zero-order valence-corrected chi connectivity index (χ0v) is 15.5. The fraction of sp³-hybridized carbons (Fsp3) is 0.286. The quantitative estimate of drug-likeness (QED) is 0.716. The zero-order valence-electron chi connectivity index (χ0n) is 15.5. The summed E-state index contributed by atoms with van der Waals surface area (Å²) in [6.45, 7) is 4.19. The van der Waals surface area contributed by atoms with Gasteiger partial charge in [-0.15, -0.1) is 0 Å². The number of nitrogens with zero attached hydrogens (tertiary/aromatic N) is 4. The van der Waals surface area contributed by atoms with Gasteiger partial charge in [-0.05, 0) is 43.8 Å². The fourth-order valence-electron chi connectivity index (χ4n) is 3.46. The van der Waals surface area contributed by atoms with E-state index in [4.69, 9.17) is 4.52 Å². The number of amides is 1. The lowest BCUT2D eigenvalue weighted by atomic mass is 10.0. The van der Waals surface area contributed by atoms with E-state index in [1.165, 1.54) is 0 Å². The van der Waals surface area contributed by atoms with Crippen LogP contribution in [0, 0.1) is 6.92 Å². The summed E-state index contributed by atoms with van der Waals surface area (Å²) < 4.78 is 5.19. The standard InChI is InChI=1S/C21H22N4O2/c1-15-22-20(27-23-15)17-8-10-18(11-9-17)21(26)25-13-12-24(2)14-19(25)16-6-4-3-5-7-16/h3-11,19H,12-14H2,1-2H3. The van der Waals surface area contributed by atoms with Crippen LogP contribution in [0.3, 0.4) is 0 Å². The first-order valence-electron chi connectivity index (χ1n) is 9.07. The van der Waals surface area contributed by atoms with Crippen LogP contribution in [0.25, 0.3) is 11.5 Å². The smallest absolute Gasteiger partial charge is 0.257 e. The van der Waals surface area contributed by atoms with Crippen molar-refractivity contribution in [3.63, 3.8) is 0 Å². The summed E-state index contributed by atoms with van der Waals surface area (Å²) in [7, 11) is 2.10. The number of likely N-dealkylation sites (N-methyl/N-ethyl adjacent to an activating group) is 1. The predicted molar refractivity (Wildman–Crippen MR) is 102 cm³/mol. The average molecular weight is 362 g/mol. The fourth-order valence-corrected chi connectivity index (χ4v) is 3.46. The van der Waals surface area contributed by atoms with Crippen LogP contribution in [0.4, 0.5) is 0 Å². The highest BCUT2D eigenvalue weighted by molar-refractivity contribution is 5.95. The van der Waals surface area contributed by atoms with Crippen LogP contribution in [0.2, 0.25) is 0 Å². The van der Waals surface area contributed by atoms with Crippen molar-refractivity contribution in [3.05, 3.63) is 71.5 Å². The number of hydrogen-bond acceptors (Lipinski definition) is 5. The number of carbonyl (C=O) groups is 1. The van der Waals surface area contributed by atoms with E-state index in [9.17, 15) is 4.79 Å². The van der Waals surface area contributed by atoms with Gasteiger partial charge < -0.3 is 14.3 Å². The van der Waals surface area contributed by atoms with Crippen LogP contribution in [-0.2, 0) is 0 Å². The molecule has 1 unspecified atom stereocenters. The number of aromatic nitrogens is 2. The van der Waals surface area contributed by atoms with Crippen molar-refractivity contribution in [1.29, 1.82) is 0 Å². The summed E-state index contributed by atoms with van der Waals surface area (Å²) in [6, 6.07) is 17.6. The van der Waals surface area contributed by atoms with Crippen molar-refractivity contribution >= 4 is 5.91 Å². The molecule has 1 amide bonds. The highest BCUT2D eigenvalue weighted by Crippen LogP contribution is 2.27. The Morgan fingerprint density at radius 3 is 2.48 bits per heavy atom. The van der Waals surface area contributed by atoms with Crippen LogP contribution in [0.5, 0.6) is 0 Å². The molecule has 1 aliphatic heterocycles. The van der Waals surface area contributed by atoms with E-state index < -0.39 is 0 Å². The van der Waals surface area contributed by atoms with Gasteiger partial charge in [-0.25, -0.2) is 0 Å². The topological polar surface area (TPSA) is 62.5 Å². The summed E-state index contributed by atoms with van der Waals surface area (Å²) in [5.74, 6) is 1.10. The summed E-state index contributed by atoms with van der Waals surface area (Å²) >= 11 is 0. The maximum Gasteiger partial charge on any atom is 0.257 e. The maximum atomic E-state index is 13.2. The molecule has 0 N–H and O–H groups in total. The Bertz CT molecular complexity index is 921. The largest absolute Gasteiger partial charge is 0.334 e. The molecule has 4 rings (SSSR count). The van der Waals surface area contributed by atoms with Crippen molar-refractivity contribution in [2.24, 2.45) is 0 Å². The molecular formula is C21H22N4O2. The van der Waals surface area contributed by atoms with E-state index in [0.29, 0.717) is 23.8 Å². The second-order valence-corrected chi connectivity index (χ2v) is 6.91.